The molecule has 3 aromatic rings. The highest BCUT2D eigenvalue weighted by atomic mass is 32.2. The standard InChI is InChI=1S/C26H29FN2O4S/c1-32-24-11-8-20(26(18-24)33-2)19-28-16-14-23(15-17-28)29(22-6-4-3-5-7-22)34(30,31)25-12-9-21(27)10-13-25/h3-13,18,23H,14-17,19H2,1-2H3. The van der Waals surface area contributed by atoms with Gasteiger partial charge in [-0.3, -0.25) is 9.21 Å². The molecule has 1 fully saturated rings. The van der Waals surface area contributed by atoms with E-state index in [1.165, 1.54) is 28.6 Å². The lowest BCUT2D eigenvalue weighted by Gasteiger charge is -2.39. The van der Waals surface area contributed by atoms with E-state index in [4.69, 9.17) is 9.47 Å². The number of anilines is 1. The van der Waals surface area contributed by atoms with Crippen molar-refractivity contribution in [3.8, 4) is 11.5 Å². The molecule has 0 spiro atoms. The third kappa shape index (κ3) is 5.18. The van der Waals surface area contributed by atoms with Crippen LogP contribution in [0.15, 0.2) is 77.7 Å². The van der Waals surface area contributed by atoms with Gasteiger partial charge in [-0.2, -0.15) is 0 Å². The zero-order valence-electron chi connectivity index (χ0n) is 19.4. The first kappa shape index (κ1) is 24.0. The summed E-state index contributed by atoms with van der Waals surface area (Å²) in [6, 6.07) is 19.7. The minimum Gasteiger partial charge on any atom is -0.497 e. The SMILES string of the molecule is COc1ccc(CN2CCC(N(c3ccccc3)S(=O)(=O)c3ccc(F)cc3)CC2)c(OC)c1. The normalized spacial score (nSPS) is 15.1. The number of hydrogen-bond acceptors (Lipinski definition) is 5. The summed E-state index contributed by atoms with van der Waals surface area (Å²) in [5.74, 6) is 1.04. The van der Waals surface area contributed by atoms with E-state index in [-0.39, 0.29) is 10.9 Å². The van der Waals surface area contributed by atoms with Crippen molar-refractivity contribution in [2.24, 2.45) is 0 Å². The fourth-order valence-corrected chi connectivity index (χ4v) is 6.09. The van der Waals surface area contributed by atoms with Gasteiger partial charge in [-0.25, -0.2) is 12.8 Å². The Morgan fingerprint density at radius 3 is 2.24 bits per heavy atom. The van der Waals surface area contributed by atoms with Crippen LogP contribution in [0.1, 0.15) is 18.4 Å². The molecule has 3 aromatic carbocycles. The maximum atomic E-state index is 13.6. The van der Waals surface area contributed by atoms with Gasteiger partial charge in [0.05, 0.1) is 24.8 Å². The zero-order valence-corrected chi connectivity index (χ0v) is 20.2. The monoisotopic (exact) mass is 484 g/mol. The molecule has 0 saturated carbocycles. The van der Waals surface area contributed by atoms with E-state index in [9.17, 15) is 12.8 Å². The molecule has 0 aliphatic carbocycles. The van der Waals surface area contributed by atoms with Crippen LogP contribution in [-0.2, 0) is 16.6 Å². The van der Waals surface area contributed by atoms with Crippen LogP contribution in [-0.4, -0.2) is 46.7 Å². The number of piperidine rings is 1. The van der Waals surface area contributed by atoms with Crippen molar-refractivity contribution >= 4 is 15.7 Å². The summed E-state index contributed by atoms with van der Waals surface area (Å²) in [7, 11) is -0.587. The van der Waals surface area contributed by atoms with Crippen LogP contribution in [0.5, 0.6) is 11.5 Å². The van der Waals surface area contributed by atoms with E-state index < -0.39 is 15.8 Å². The van der Waals surface area contributed by atoms with Crippen LogP contribution >= 0.6 is 0 Å². The molecule has 0 atom stereocenters. The molecule has 4 rings (SSSR count). The smallest absolute Gasteiger partial charge is 0.264 e. The molecule has 180 valence electrons. The van der Waals surface area contributed by atoms with Crippen LogP contribution in [0.25, 0.3) is 0 Å². The van der Waals surface area contributed by atoms with Crippen LogP contribution < -0.4 is 13.8 Å². The van der Waals surface area contributed by atoms with Gasteiger partial charge < -0.3 is 9.47 Å². The molecule has 0 amide bonds. The topological polar surface area (TPSA) is 59.1 Å². The summed E-state index contributed by atoms with van der Waals surface area (Å²) < 4.78 is 53.0. The third-order valence-electron chi connectivity index (χ3n) is 6.16. The van der Waals surface area contributed by atoms with E-state index in [0.717, 1.165) is 30.2 Å². The molecule has 0 bridgehead atoms. The molecule has 1 aliphatic heterocycles. The van der Waals surface area contributed by atoms with Crippen LogP contribution in [0.3, 0.4) is 0 Å². The molecule has 1 aliphatic rings. The van der Waals surface area contributed by atoms with Gasteiger partial charge in [0.15, 0.2) is 0 Å². The fraction of sp³-hybridized carbons (Fsp3) is 0.308. The Hall–Kier alpha value is -3.10. The molecular weight excluding hydrogens is 455 g/mol. The van der Waals surface area contributed by atoms with Gasteiger partial charge in [-0.05, 0) is 55.3 Å². The number of benzene rings is 3. The molecule has 0 aromatic heterocycles. The Labute approximate surface area is 200 Å². The summed E-state index contributed by atoms with van der Waals surface area (Å²) in [5, 5.41) is 0. The fourth-order valence-electron chi connectivity index (χ4n) is 4.38. The van der Waals surface area contributed by atoms with Crippen molar-refractivity contribution in [3.05, 3.63) is 84.2 Å². The van der Waals surface area contributed by atoms with E-state index in [2.05, 4.69) is 4.90 Å². The average molecular weight is 485 g/mol. The molecule has 6 nitrogen and oxygen atoms in total. The highest BCUT2D eigenvalue weighted by molar-refractivity contribution is 7.92. The largest absolute Gasteiger partial charge is 0.497 e. The second-order valence-electron chi connectivity index (χ2n) is 8.28. The quantitative estimate of drug-likeness (QED) is 0.464. The van der Waals surface area contributed by atoms with Crippen molar-refractivity contribution in [3.63, 3.8) is 0 Å². The van der Waals surface area contributed by atoms with Gasteiger partial charge in [0.1, 0.15) is 17.3 Å². The van der Waals surface area contributed by atoms with E-state index in [1.807, 2.05) is 36.4 Å². The first-order valence-corrected chi connectivity index (χ1v) is 12.6. The molecule has 0 unspecified atom stereocenters. The number of halogens is 1. The van der Waals surface area contributed by atoms with Crippen LogP contribution in [0.2, 0.25) is 0 Å². The number of rotatable bonds is 8. The van der Waals surface area contributed by atoms with E-state index >= 15 is 0 Å². The molecule has 8 heteroatoms. The minimum atomic E-state index is -3.85. The number of methoxy groups -OCH3 is 2. The number of sulfonamides is 1. The molecule has 0 radical (unpaired) electrons. The second-order valence-corrected chi connectivity index (χ2v) is 10.1. The van der Waals surface area contributed by atoms with Crippen molar-refractivity contribution < 1.29 is 22.3 Å². The highest BCUT2D eigenvalue weighted by Gasteiger charge is 2.34. The van der Waals surface area contributed by atoms with Gasteiger partial charge in [-0.1, -0.05) is 24.3 Å². The number of likely N-dealkylation sites (tertiary alicyclic amines) is 1. The lowest BCUT2D eigenvalue weighted by Crippen LogP contribution is -2.47. The molecule has 1 heterocycles. The van der Waals surface area contributed by atoms with Crippen LogP contribution in [0, 0.1) is 5.82 Å². The Bertz CT molecular complexity index is 1200. The van der Waals surface area contributed by atoms with Crippen molar-refractivity contribution in [1.29, 1.82) is 0 Å². The number of hydrogen-bond donors (Lipinski definition) is 0. The van der Waals surface area contributed by atoms with E-state index in [0.29, 0.717) is 25.1 Å². The average Bonchev–Trinajstić information content (AvgIpc) is 2.86. The number of para-hydroxylation sites is 1. The number of ether oxygens (including phenoxy) is 2. The Balaban J connectivity index is 1.53. The van der Waals surface area contributed by atoms with Crippen molar-refractivity contribution in [2.45, 2.75) is 30.3 Å². The summed E-state index contributed by atoms with van der Waals surface area (Å²) in [5.41, 5.74) is 1.67. The summed E-state index contributed by atoms with van der Waals surface area (Å²) in [4.78, 5) is 2.39. The van der Waals surface area contributed by atoms with Crippen molar-refractivity contribution in [1.82, 2.24) is 4.90 Å². The van der Waals surface area contributed by atoms with E-state index in [1.54, 1.807) is 26.4 Å². The summed E-state index contributed by atoms with van der Waals surface area (Å²) >= 11 is 0. The van der Waals surface area contributed by atoms with Gasteiger partial charge in [0.2, 0.25) is 0 Å². The Kier molecular flexibility index (Phi) is 7.38. The molecular formula is C26H29FN2O4S. The Morgan fingerprint density at radius 2 is 1.62 bits per heavy atom. The summed E-state index contributed by atoms with van der Waals surface area (Å²) in [6.07, 6.45) is 1.35. The summed E-state index contributed by atoms with van der Waals surface area (Å²) in [6.45, 7) is 2.18. The van der Waals surface area contributed by atoms with Gasteiger partial charge in [0, 0.05) is 37.3 Å². The van der Waals surface area contributed by atoms with Gasteiger partial charge in [0.25, 0.3) is 10.0 Å². The number of nitrogens with zero attached hydrogens (tertiary/aromatic N) is 2. The molecule has 0 N–H and O–H groups in total. The lowest BCUT2D eigenvalue weighted by atomic mass is 10.0. The molecule has 1 saturated heterocycles. The van der Waals surface area contributed by atoms with Gasteiger partial charge >= 0.3 is 0 Å². The van der Waals surface area contributed by atoms with Crippen molar-refractivity contribution in [2.75, 3.05) is 31.6 Å². The maximum Gasteiger partial charge on any atom is 0.264 e. The van der Waals surface area contributed by atoms with Gasteiger partial charge in [-0.15, -0.1) is 0 Å². The second kappa shape index (κ2) is 10.4. The third-order valence-corrected chi connectivity index (χ3v) is 8.05. The highest BCUT2D eigenvalue weighted by Crippen LogP contribution is 2.32. The minimum absolute atomic E-state index is 0.0863. The Morgan fingerprint density at radius 1 is 0.941 bits per heavy atom. The lowest BCUT2D eigenvalue weighted by molar-refractivity contribution is 0.204. The van der Waals surface area contributed by atoms with Crippen LogP contribution in [0.4, 0.5) is 10.1 Å². The first-order chi connectivity index (χ1) is 16.4. The zero-order chi connectivity index (χ0) is 24.1. The molecule has 34 heavy (non-hydrogen) atoms. The maximum absolute atomic E-state index is 13.6. The predicted molar refractivity (Wildman–Crippen MR) is 130 cm³/mol. The predicted octanol–water partition coefficient (Wildman–Crippen LogP) is 4.70. The first-order valence-electron chi connectivity index (χ1n) is 11.2.